The van der Waals surface area contributed by atoms with Crippen molar-refractivity contribution < 1.29 is 13.3 Å². The van der Waals surface area contributed by atoms with Gasteiger partial charge >= 0.3 is 8.80 Å². The number of allylic oxidation sites excluding steroid dienone is 1. The minimum absolute atomic E-state index is 0.161. The lowest BCUT2D eigenvalue weighted by atomic mass is 10.4. The summed E-state index contributed by atoms with van der Waals surface area (Å²) >= 11 is 0. The summed E-state index contributed by atoms with van der Waals surface area (Å²) < 4.78 is 17.4. The summed E-state index contributed by atoms with van der Waals surface area (Å²) in [7, 11) is -2.57. The molecule has 0 bridgehead atoms. The third kappa shape index (κ3) is 6.59. The summed E-state index contributed by atoms with van der Waals surface area (Å²) in [4.78, 5) is 0. The van der Waals surface area contributed by atoms with Crippen LogP contribution in [0, 0.1) is 11.3 Å². The van der Waals surface area contributed by atoms with E-state index in [1.165, 1.54) is 6.08 Å². The lowest BCUT2D eigenvalue weighted by molar-refractivity contribution is 0.0522. The highest BCUT2D eigenvalue weighted by Gasteiger charge is 2.40. The molecule has 0 aromatic carbocycles. The molecule has 4 nitrogen and oxygen atoms in total. The molecule has 0 spiro atoms. The largest absolute Gasteiger partial charge is 0.501 e. The quantitative estimate of drug-likeness (QED) is 0.471. The van der Waals surface area contributed by atoms with Crippen molar-refractivity contribution in [2.24, 2.45) is 0 Å². The first-order valence-corrected chi connectivity index (χ1v) is 8.09. The number of hydrogen-bond donors (Lipinski definition) is 0. The first-order valence-electron chi connectivity index (χ1n) is 6.16. The zero-order chi connectivity index (χ0) is 13.1. The lowest BCUT2D eigenvalue weighted by Gasteiger charge is -2.30. The fourth-order valence-corrected chi connectivity index (χ4v) is 4.32. The average Bonchev–Trinajstić information content (AvgIpc) is 2.27. The van der Waals surface area contributed by atoms with Crippen molar-refractivity contribution >= 4 is 8.80 Å². The lowest BCUT2D eigenvalue weighted by Crippen LogP contribution is -2.47. The van der Waals surface area contributed by atoms with Gasteiger partial charge in [0.25, 0.3) is 0 Å². The van der Waals surface area contributed by atoms with Gasteiger partial charge in [-0.05, 0) is 26.8 Å². The minimum Gasteiger partial charge on any atom is -0.374 e. The summed E-state index contributed by atoms with van der Waals surface area (Å²) in [6.45, 7) is 9.02. The molecule has 0 aliphatic carbocycles. The fourth-order valence-electron chi connectivity index (χ4n) is 1.56. The van der Waals surface area contributed by atoms with Crippen LogP contribution in [0.4, 0.5) is 0 Å². The van der Waals surface area contributed by atoms with Crippen LogP contribution in [0.5, 0.6) is 0 Å². The number of nitrogens with zero attached hydrogens (tertiary/aromatic N) is 1. The molecule has 0 radical (unpaired) electrons. The monoisotopic (exact) mass is 257 g/mol. The van der Waals surface area contributed by atoms with Crippen LogP contribution in [0.1, 0.15) is 34.1 Å². The van der Waals surface area contributed by atoms with E-state index < -0.39 is 8.80 Å². The summed E-state index contributed by atoms with van der Waals surface area (Å²) in [6, 6.07) is 2.76. The molecule has 0 aliphatic rings. The van der Waals surface area contributed by atoms with Crippen LogP contribution < -0.4 is 0 Å². The van der Waals surface area contributed by atoms with Crippen molar-refractivity contribution in [3.63, 3.8) is 0 Å². The molecular weight excluding hydrogens is 234 g/mol. The molecule has 0 rings (SSSR count). The third-order valence-electron chi connectivity index (χ3n) is 2.09. The number of nitriles is 1. The van der Waals surface area contributed by atoms with Gasteiger partial charge in [-0.2, -0.15) is 5.26 Å². The zero-order valence-electron chi connectivity index (χ0n) is 11.2. The maximum absolute atomic E-state index is 8.48. The Hall–Kier alpha value is -0.673. The smallest absolute Gasteiger partial charge is 0.374 e. The van der Waals surface area contributed by atoms with E-state index in [0.717, 1.165) is 12.5 Å². The van der Waals surface area contributed by atoms with Gasteiger partial charge < -0.3 is 13.3 Å². The van der Waals surface area contributed by atoms with Gasteiger partial charge in [0.2, 0.25) is 0 Å². The summed E-state index contributed by atoms with van der Waals surface area (Å²) in [5.41, 5.74) is 0. The Labute approximate surface area is 106 Å². The van der Waals surface area contributed by atoms with E-state index in [-0.39, 0.29) is 6.10 Å². The zero-order valence-corrected chi connectivity index (χ0v) is 12.2. The van der Waals surface area contributed by atoms with Gasteiger partial charge in [0.05, 0.1) is 12.2 Å². The van der Waals surface area contributed by atoms with Crippen LogP contribution in [0.3, 0.4) is 0 Å². The molecule has 98 valence electrons. The predicted molar refractivity (Wildman–Crippen MR) is 69.4 cm³/mol. The molecule has 0 aromatic rings. The Kier molecular flexibility index (Phi) is 9.00. The highest BCUT2D eigenvalue weighted by molar-refractivity contribution is 6.60. The summed E-state index contributed by atoms with van der Waals surface area (Å²) in [5, 5.41) is 8.48. The van der Waals surface area contributed by atoms with Crippen LogP contribution >= 0.6 is 0 Å². The van der Waals surface area contributed by atoms with Gasteiger partial charge in [-0.3, -0.25) is 0 Å². The first-order chi connectivity index (χ1) is 8.14. The standard InChI is InChI=1S/C12H23NO3Si/c1-5-11-17(14-6-2,15-7-3)16-12(4)9-8-10-13/h8-9,12H,5-7,11H2,1-4H3. The van der Waals surface area contributed by atoms with Gasteiger partial charge in [0.1, 0.15) is 0 Å². The Balaban J connectivity index is 4.63. The van der Waals surface area contributed by atoms with Crippen LogP contribution in [-0.2, 0) is 13.3 Å². The van der Waals surface area contributed by atoms with E-state index in [0.29, 0.717) is 13.2 Å². The second-order valence-corrected chi connectivity index (χ2v) is 6.29. The summed E-state index contributed by atoms with van der Waals surface area (Å²) in [6.07, 6.45) is 3.94. The van der Waals surface area contributed by atoms with Gasteiger partial charge in [0.15, 0.2) is 0 Å². The topological polar surface area (TPSA) is 51.5 Å². The third-order valence-corrected chi connectivity index (χ3v) is 5.39. The fraction of sp³-hybridized carbons (Fsp3) is 0.750. The predicted octanol–water partition coefficient (Wildman–Crippen LogP) is 2.89. The number of rotatable bonds is 9. The molecule has 1 atom stereocenters. The van der Waals surface area contributed by atoms with Crippen molar-refractivity contribution in [1.82, 2.24) is 0 Å². The highest BCUT2D eigenvalue weighted by atomic mass is 28.4. The van der Waals surface area contributed by atoms with E-state index >= 15 is 0 Å². The molecule has 0 aliphatic heterocycles. The molecule has 0 heterocycles. The van der Waals surface area contributed by atoms with E-state index in [4.69, 9.17) is 18.5 Å². The molecule has 0 amide bonds. The van der Waals surface area contributed by atoms with Crippen LogP contribution in [0.15, 0.2) is 12.2 Å². The normalized spacial score (nSPS) is 13.8. The number of hydrogen-bond acceptors (Lipinski definition) is 4. The van der Waals surface area contributed by atoms with Gasteiger partial charge in [-0.15, -0.1) is 0 Å². The van der Waals surface area contributed by atoms with Crippen LogP contribution in [-0.4, -0.2) is 28.1 Å². The average molecular weight is 257 g/mol. The van der Waals surface area contributed by atoms with E-state index in [2.05, 4.69) is 6.92 Å². The van der Waals surface area contributed by atoms with Crippen LogP contribution in [0.2, 0.25) is 6.04 Å². The maximum Gasteiger partial charge on any atom is 0.501 e. The molecule has 0 N–H and O–H groups in total. The van der Waals surface area contributed by atoms with Gasteiger partial charge in [0, 0.05) is 25.3 Å². The van der Waals surface area contributed by atoms with E-state index in [1.54, 1.807) is 6.08 Å². The maximum atomic E-state index is 8.48. The van der Waals surface area contributed by atoms with Gasteiger partial charge in [-0.1, -0.05) is 13.3 Å². The van der Waals surface area contributed by atoms with Crippen molar-refractivity contribution in [1.29, 1.82) is 5.26 Å². The molecule has 17 heavy (non-hydrogen) atoms. The van der Waals surface area contributed by atoms with Crippen molar-refractivity contribution in [3.05, 3.63) is 12.2 Å². The van der Waals surface area contributed by atoms with E-state index in [1.807, 2.05) is 26.8 Å². The second-order valence-electron chi connectivity index (χ2n) is 3.61. The van der Waals surface area contributed by atoms with Gasteiger partial charge in [-0.25, -0.2) is 0 Å². The van der Waals surface area contributed by atoms with Crippen molar-refractivity contribution in [2.75, 3.05) is 13.2 Å². The Morgan fingerprint density at radius 2 is 1.82 bits per heavy atom. The molecule has 0 saturated heterocycles. The molecular formula is C12H23NO3Si. The Bertz CT molecular complexity index is 246. The highest BCUT2D eigenvalue weighted by Crippen LogP contribution is 2.20. The molecule has 5 heteroatoms. The SMILES string of the molecule is CCC[Si](OCC)(OCC)OC(C)C=CC#N. The molecule has 0 fully saturated rings. The van der Waals surface area contributed by atoms with Crippen molar-refractivity contribution in [2.45, 2.75) is 46.3 Å². The van der Waals surface area contributed by atoms with E-state index in [9.17, 15) is 0 Å². The Morgan fingerprint density at radius 3 is 2.24 bits per heavy atom. The molecule has 0 saturated carbocycles. The molecule has 0 aromatic heterocycles. The first kappa shape index (κ1) is 16.3. The van der Waals surface area contributed by atoms with Crippen LogP contribution in [0.25, 0.3) is 0 Å². The molecule has 1 unspecified atom stereocenters. The van der Waals surface area contributed by atoms with Crippen molar-refractivity contribution in [3.8, 4) is 6.07 Å². The minimum atomic E-state index is -2.57. The second kappa shape index (κ2) is 9.37. The summed E-state index contributed by atoms with van der Waals surface area (Å²) in [5.74, 6) is 0. The Morgan fingerprint density at radius 1 is 1.24 bits per heavy atom.